The molecule has 0 aliphatic carbocycles. The smallest absolute Gasteiger partial charge is 0.388 e. The van der Waals surface area contributed by atoms with E-state index in [1.165, 1.54) is 19.2 Å². The molecule has 37 heavy (non-hydrogen) atoms. The number of nitrogens with one attached hydrogen (secondary N) is 1. The van der Waals surface area contributed by atoms with Gasteiger partial charge in [0.15, 0.2) is 11.5 Å². The molecule has 1 aromatic carbocycles. The Morgan fingerprint density at radius 2 is 1.78 bits per heavy atom. The second kappa shape index (κ2) is 10.5. The molecule has 4 rings (SSSR count). The molecule has 11 heteroatoms. The lowest BCUT2D eigenvalue weighted by Gasteiger charge is -2.50. The van der Waals surface area contributed by atoms with Gasteiger partial charge in [0.2, 0.25) is 11.8 Å². The van der Waals surface area contributed by atoms with Crippen molar-refractivity contribution in [2.24, 2.45) is 0 Å². The summed E-state index contributed by atoms with van der Waals surface area (Å²) in [4.78, 5) is 31.4. The SMILES string of the molecule is COC(=O)c1ccc(N2CC(C(=O)Nc3ccc(C)nc3OC(F)F)(c3ccccc3C(C)C)C2)nn1. The predicted molar refractivity (Wildman–Crippen MR) is 132 cm³/mol. The molecule has 2 aromatic heterocycles. The lowest BCUT2D eigenvalue weighted by molar-refractivity contribution is -0.122. The van der Waals surface area contributed by atoms with Crippen LogP contribution in [0.25, 0.3) is 0 Å². The molecule has 1 amide bonds. The van der Waals surface area contributed by atoms with Crippen LogP contribution in [-0.2, 0) is 14.9 Å². The normalized spacial score (nSPS) is 14.3. The lowest BCUT2D eigenvalue weighted by Crippen LogP contribution is -2.65. The van der Waals surface area contributed by atoms with Crippen molar-refractivity contribution in [2.75, 3.05) is 30.4 Å². The Morgan fingerprint density at radius 1 is 1.05 bits per heavy atom. The minimum Gasteiger partial charge on any atom is -0.464 e. The fourth-order valence-corrected chi connectivity index (χ4v) is 4.39. The van der Waals surface area contributed by atoms with E-state index in [1.807, 2.05) is 43.0 Å². The van der Waals surface area contributed by atoms with Crippen molar-refractivity contribution in [3.63, 3.8) is 0 Å². The number of anilines is 2. The molecule has 0 bridgehead atoms. The molecule has 0 unspecified atom stereocenters. The third-order valence-electron chi connectivity index (χ3n) is 6.27. The molecule has 1 aliphatic heterocycles. The molecule has 1 saturated heterocycles. The molecule has 3 heterocycles. The number of aryl methyl sites for hydroxylation is 1. The van der Waals surface area contributed by atoms with Crippen LogP contribution in [0, 0.1) is 6.92 Å². The highest BCUT2D eigenvalue weighted by atomic mass is 19.3. The number of methoxy groups -OCH3 is 1. The van der Waals surface area contributed by atoms with Crippen molar-refractivity contribution >= 4 is 23.4 Å². The molecule has 1 N–H and O–H groups in total. The van der Waals surface area contributed by atoms with Gasteiger partial charge in [-0.3, -0.25) is 4.79 Å². The first-order valence-electron chi connectivity index (χ1n) is 11.6. The van der Waals surface area contributed by atoms with E-state index < -0.39 is 18.0 Å². The topological polar surface area (TPSA) is 107 Å². The number of hydrogen-bond acceptors (Lipinski definition) is 8. The van der Waals surface area contributed by atoms with Gasteiger partial charge in [0.25, 0.3) is 0 Å². The number of hydrogen-bond donors (Lipinski definition) is 1. The highest BCUT2D eigenvalue weighted by Gasteiger charge is 2.52. The van der Waals surface area contributed by atoms with Crippen LogP contribution in [0.15, 0.2) is 48.5 Å². The van der Waals surface area contributed by atoms with Crippen molar-refractivity contribution in [1.29, 1.82) is 0 Å². The van der Waals surface area contributed by atoms with Gasteiger partial charge >= 0.3 is 12.6 Å². The van der Waals surface area contributed by atoms with Gasteiger partial charge in [0, 0.05) is 18.8 Å². The number of esters is 1. The van der Waals surface area contributed by atoms with E-state index in [4.69, 9.17) is 0 Å². The van der Waals surface area contributed by atoms with Crippen LogP contribution in [0.4, 0.5) is 20.3 Å². The van der Waals surface area contributed by atoms with Gasteiger partial charge < -0.3 is 19.7 Å². The second-order valence-electron chi connectivity index (χ2n) is 9.09. The minimum atomic E-state index is -3.09. The maximum Gasteiger partial charge on any atom is 0.388 e. The Hall–Kier alpha value is -4.15. The third-order valence-corrected chi connectivity index (χ3v) is 6.27. The van der Waals surface area contributed by atoms with Gasteiger partial charge in [-0.05, 0) is 48.2 Å². The van der Waals surface area contributed by atoms with Gasteiger partial charge in [0.05, 0.1) is 7.11 Å². The molecule has 0 saturated carbocycles. The summed E-state index contributed by atoms with van der Waals surface area (Å²) in [6.45, 7) is 3.12. The van der Waals surface area contributed by atoms with Crippen LogP contribution in [0.5, 0.6) is 5.88 Å². The van der Waals surface area contributed by atoms with E-state index in [2.05, 4.69) is 30.0 Å². The molecular formula is C26H27F2N5O4. The van der Waals surface area contributed by atoms with Crippen LogP contribution in [0.3, 0.4) is 0 Å². The zero-order chi connectivity index (χ0) is 26.7. The molecule has 3 aromatic rings. The summed E-state index contributed by atoms with van der Waals surface area (Å²) in [5.74, 6) is -0.725. The summed E-state index contributed by atoms with van der Waals surface area (Å²) in [6.07, 6.45) is 0. The fraction of sp³-hybridized carbons (Fsp3) is 0.346. The number of halogens is 2. The molecular weight excluding hydrogens is 484 g/mol. The fourth-order valence-electron chi connectivity index (χ4n) is 4.39. The van der Waals surface area contributed by atoms with Gasteiger partial charge in [-0.2, -0.15) is 8.78 Å². The predicted octanol–water partition coefficient (Wildman–Crippen LogP) is 4.09. The summed E-state index contributed by atoms with van der Waals surface area (Å²) in [5.41, 5.74) is 1.40. The van der Waals surface area contributed by atoms with E-state index in [9.17, 15) is 18.4 Å². The van der Waals surface area contributed by atoms with E-state index in [1.54, 1.807) is 19.1 Å². The first kappa shape index (κ1) is 25.9. The van der Waals surface area contributed by atoms with Gasteiger partial charge in [-0.15, -0.1) is 10.2 Å². The van der Waals surface area contributed by atoms with Crippen LogP contribution >= 0.6 is 0 Å². The maximum atomic E-state index is 13.9. The van der Waals surface area contributed by atoms with Crippen molar-refractivity contribution < 1.29 is 27.8 Å². The maximum absolute atomic E-state index is 13.9. The number of carbonyl (C=O) groups excluding carboxylic acids is 2. The molecule has 0 radical (unpaired) electrons. The molecule has 9 nitrogen and oxygen atoms in total. The van der Waals surface area contributed by atoms with E-state index in [0.29, 0.717) is 11.5 Å². The van der Waals surface area contributed by atoms with Crippen molar-refractivity contribution in [1.82, 2.24) is 15.2 Å². The van der Waals surface area contributed by atoms with Gasteiger partial charge in [0.1, 0.15) is 11.1 Å². The summed E-state index contributed by atoms with van der Waals surface area (Å²) in [5, 5.41) is 10.8. The highest BCUT2D eigenvalue weighted by Crippen LogP contribution is 2.42. The summed E-state index contributed by atoms with van der Waals surface area (Å²) in [7, 11) is 1.26. The number of ether oxygens (including phenoxy) is 2. The molecule has 0 spiro atoms. The Balaban J connectivity index is 1.68. The monoisotopic (exact) mass is 511 g/mol. The largest absolute Gasteiger partial charge is 0.464 e. The summed E-state index contributed by atoms with van der Waals surface area (Å²) in [6, 6.07) is 13.9. The van der Waals surface area contributed by atoms with Crippen molar-refractivity contribution in [3.05, 3.63) is 71.0 Å². The summed E-state index contributed by atoms with van der Waals surface area (Å²) >= 11 is 0. The second-order valence-corrected chi connectivity index (χ2v) is 9.09. The van der Waals surface area contributed by atoms with Gasteiger partial charge in [-0.25, -0.2) is 9.78 Å². The average Bonchev–Trinajstić information content (AvgIpc) is 2.85. The van der Waals surface area contributed by atoms with Crippen molar-refractivity contribution in [2.45, 2.75) is 38.7 Å². The first-order valence-corrected chi connectivity index (χ1v) is 11.6. The minimum absolute atomic E-state index is 0.0537. The number of carbonyl (C=O) groups is 2. The number of aromatic nitrogens is 3. The summed E-state index contributed by atoms with van der Waals surface area (Å²) < 4.78 is 35.2. The number of alkyl halides is 2. The van der Waals surface area contributed by atoms with Crippen LogP contribution < -0.4 is 15.0 Å². The molecule has 1 aliphatic rings. The van der Waals surface area contributed by atoms with Crippen LogP contribution in [0.1, 0.15) is 47.1 Å². The zero-order valence-electron chi connectivity index (χ0n) is 20.9. The number of benzene rings is 1. The molecule has 0 atom stereocenters. The first-order chi connectivity index (χ1) is 17.6. The quantitative estimate of drug-likeness (QED) is 0.451. The number of pyridine rings is 1. The van der Waals surface area contributed by atoms with E-state index in [0.717, 1.165) is 11.1 Å². The highest BCUT2D eigenvalue weighted by molar-refractivity contribution is 6.02. The molecule has 1 fully saturated rings. The Labute approximate surface area is 212 Å². The lowest BCUT2D eigenvalue weighted by atomic mass is 9.69. The van der Waals surface area contributed by atoms with E-state index >= 15 is 0 Å². The molecule has 194 valence electrons. The Bertz CT molecular complexity index is 1290. The Kier molecular flexibility index (Phi) is 7.33. The third kappa shape index (κ3) is 5.20. The number of nitrogens with zero attached hydrogens (tertiary/aromatic N) is 4. The average molecular weight is 512 g/mol. The number of amides is 1. The van der Waals surface area contributed by atoms with Crippen LogP contribution in [0.2, 0.25) is 0 Å². The van der Waals surface area contributed by atoms with Crippen LogP contribution in [-0.4, -0.2) is 53.9 Å². The Morgan fingerprint density at radius 3 is 2.41 bits per heavy atom. The standard InChI is InChI=1S/C26H27F2N5O4/c1-15(2)17-7-5-6-8-18(17)26(13-33(14-26)21-12-11-20(31-32-21)23(34)36-4)24(35)30-19-10-9-16(3)29-22(19)37-25(27)28/h5-12,15,25H,13-14H2,1-4H3,(H,30,35). The zero-order valence-corrected chi connectivity index (χ0v) is 20.9. The van der Waals surface area contributed by atoms with Gasteiger partial charge in [-0.1, -0.05) is 38.1 Å². The van der Waals surface area contributed by atoms with E-state index in [-0.39, 0.29) is 42.2 Å². The number of rotatable bonds is 8. The van der Waals surface area contributed by atoms with Crippen molar-refractivity contribution in [3.8, 4) is 5.88 Å².